The Labute approximate surface area is 195 Å². The van der Waals surface area contributed by atoms with E-state index in [1.807, 2.05) is 13.0 Å². The van der Waals surface area contributed by atoms with Gasteiger partial charge in [0.1, 0.15) is 22.6 Å². The normalized spacial score (nSPS) is 20.0. The minimum atomic E-state index is -4.17. The zero-order chi connectivity index (χ0) is 23.7. The highest BCUT2D eigenvalue weighted by molar-refractivity contribution is 7.89. The van der Waals surface area contributed by atoms with E-state index in [-0.39, 0.29) is 27.7 Å². The molecule has 2 aliphatic rings. The molecule has 1 aromatic carbocycles. The number of fused-ring (bicyclic) bond motifs is 1. The van der Waals surface area contributed by atoms with Crippen LogP contribution in [-0.4, -0.2) is 26.6 Å². The molecule has 5 rings (SSSR count). The molecule has 3 heterocycles. The van der Waals surface area contributed by atoms with Crippen molar-refractivity contribution in [2.45, 2.75) is 44.2 Å². The molecule has 33 heavy (non-hydrogen) atoms. The first-order valence-corrected chi connectivity index (χ1v) is 12.4. The average molecular weight is 491 g/mol. The third-order valence-corrected chi connectivity index (χ3v) is 7.56. The summed E-state index contributed by atoms with van der Waals surface area (Å²) in [7, 11) is -4.17. The lowest BCUT2D eigenvalue weighted by Gasteiger charge is -2.27. The lowest BCUT2D eigenvalue weighted by Crippen LogP contribution is -2.31. The van der Waals surface area contributed by atoms with E-state index in [2.05, 4.69) is 4.98 Å². The van der Waals surface area contributed by atoms with Crippen molar-refractivity contribution in [3.63, 3.8) is 0 Å². The second-order valence-corrected chi connectivity index (χ2v) is 10.9. The van der Waals surface area contributed by atoms with Gasteiger partial charge in [0, 0.05) is 22.5 Å². The highest BCUT2D eigenvalue weighted by atomic mass is 35.5. The Morgan fingerprint density at radius 3 is 2.61 bits per heavy atom. The lowest BCUT2D eigenvalue weighted by atomic mass is 9.97. The summed E-state index contributed by atoms with van der Waals surface area (Å²) in [5.74, 6) is 0.807. The quantitative estimate of drug-likeness (QED) is 0.540. The van der Waals surface area contributed by atoms with Gasteiger partial charge < -0.3 is 13.9 Å². The molecular formula is C23H23ClN2O6S. The van der Waals surface area contributed by atoms with Crippen molar-refractivity contribution < 1.29 is 22.3 Å². The monoisotopic (exact) mass is 490 g/mol. The number of ether oxygens (including phenoxy) is 2. The Balaban J connectivity index is 1.61. The van der Waals surface area contributed by atoms with Crippen LogP contribution in [0.5, 0.6) is 5.75 Å². The number of sulfonamides is 1. The molecule has 0 bridgehead atoms. The number of benzene rings is 1. The van der Waals surface area contributed by atoms with E-state index in [1.165, 1.54) is 12.1 Å². The van der Waals surface area contributed by atoms with Gasteiger partial charge in [-0.1, -0.05) is 11.6 Å². The summed E-state index contributed by atoms with van der Waals surface area (Å²) in [6, 6.07) is 6.48. The van der Waals surface area contributed by atoms with Gasteiger partial charge in [-0.3, -0.25) is 4.79 Å². The van der Waals surface area contributed by atoms with Crippen LogP contribution in [0, 0.1) is 19.3 Å². The van der Waals surface area contributed by atoms with Crippen LogP contribution in [0.3, 0.4) is 0 Å². The summed E-state index contributed by atoms with van der Waals surface area (Å²) in [6.45, 7) is 6.77. The molecule has 1 aliphatic heterocycles. The summed E-state index contributed by atoms with van der Waals surface area (Å²) in [6.07, 6.45) is 0.263. The van der Waals surface area contributed by atoms with E-state index in [0.717, 1.165) is 12.0 Å². The first kappa shape index (κ1) is 22.3. The number of nitrogens with zero attached hydrogens (tertiary/aromatic N) is 1. The minimum Gasteiger partial charge on any atom is -0.483 e. The van der Waals surface area contributed by atoms with E-state index in [1.54, 1.807) is 19.9 Å². The van der Waals surface area contributed by atoms with Crippen molar-refractivity contribution in [3.8, 4) is 5.75 Å². The fourth-order valence-corrected chi connectivity index (χ4v) is 5.39. The highest BCUT2D eigenvalue weighted by Gasteiger charge is 2.61. The lowest BCUT2D eigenvalue weighted by molar-refractivity contribution is -0.0540. The summed E-state index contributed by atoms with van der Waals surface area (Å²) >= 11 is 5.85. The van der Waals surface area contributed by atoms with Gasteiger partial charge in [0.25, 0.3) is 10.0 Å². The number of aromatic nitrogens is 1. The molecule has 1 spiro atoms. The molecule has 174 valence electrons. The van der Waals surface area contributed by atoms with Crippen LogP contribution in [0.25, 0.3) is 11.0 Å². The van der Waals surface area contributed by atoms with Crippen molar-refractivity contribution in [3.05, 3.63) is 62.1 Å². The van der Waals surface area contributed by atoms with Gasteiger partial charge in [0.15, 0.2) is 11.2 Å². The van der Waals surface area contributed by atoms with Gasteiger partial charge in [-0.05, 0) is 57.0 Å². The third-order valence-electron chi connectivity index (χ3n) is 6.52. The smallest absolute Gasteiger partial charge is 0.259 e. The summed E-state index contributed by atoms with van der Waals surface area (Å²) < 4.78 is 41.7. The van der Waals surface area contributed by atoms with Gasteiger partial charge in [-0.25, -0.2) is 18.5 Å². The van der Waals surface area contributed by atoms with Crippen LogP contribution >= 0.6 is 11.6 Å². The van der Waals surface area contributed by atoms with Crippen LogP contribution in [0.1, 0.15) is 47.8 Å². The molecule has 2 atom stereocenters. The van der Waals surface area contributed by atoms with Crippen molar-refractivity contribution in [2.75, 3.05) is 13.2 Å². The molecule has 0 radical (unpaired) electrons. The number of nitrogens with two attached hydrogens (primary N) is 1. The molecular weight excluding hydrogens is 468 g/mol. The zero-order valence-corrected chi connectivity index (χ0v) is 19.9. The van der Waals surface area contributed by atoms with Crippen molar-refractivity contribution >= 4 is 32.6 Å². The molecule has 1 saturated heterocycles. The Morgan fingerprint density at radius 2 is 2.00 bits per heavy atom. The van der Waals surface area contributed by atoms with Gasteiger partial charge >= 0.3 is 0 Å². The second-order valence-electron chi connectivity index (χ2n) is 9.01. The van der Waals surface area contributed by atoms with Gasteiger partial charge in [-0.2, -0.15) is 0 Å². The molecule has 3 aromatic rings. The highest BCUT2D eigenvalue weighted by Crippen LogP contribution is 2.64. The van der Waals surface area contributed by atoms with E-state index in [9.17, 15) is 13.2 Å². The maximum absolute atomic E-state index is 13.3. The molecule has 1 saturated carbocycles. The molecule has 0 unspecified atom stereocenters. The fraction of sp³-hybridized carbons (Fsp3) is 0.391. The SMILES string of the molecule is Cc1cc([C@@H](C)Oc2ccc(Cl)nc2S(N)(=O)=O)c2oc([C@@H]3CC34COC4)c(C)c(=O)c2c1. The Hall–Kier alpha value is -2.46. The Bertz CT molecular complexity index is 1460. The molecule has 2 fully saturated rings. The summed E-state index contributed by atoms with van der Waals surface area (Å²) in [4.78, 5) is 17.1. The van der Waals surface area contributed by atoms with Gasteiger partial charge in [0.2, 0.25) is 5.03 Å². The standard InChI is InChI=1S/C23H23ClN2O6S/c1-11-6-14(13(3)31-17-4-5-18(24)26-22(17)33(25,28)29)21-15(7-11)19(27)12(2)20(32-21)16-8-23(16)9-30-10-23/h4-7,13,16H,8-10H2,1-3H3,(H2,25,28,29)/t13-,16+/m1/s1. The number of aryl methyl sites for hydroxylation is 1. The van der Waals surface area contributed by atoms with Crippen LogP contribution in [0.15, 0.2) is 38.5 Å². The number of hydrogen-bond acceptors (Lipinski definition) is 7. The molecule has 10 heteroatoms. The van der Waals surface area contributed by atoms with E-state index < -0.39 is 21.2 Å². The van der Waals surface area contributed by atoms with E-state index >= 15 is 0 Å². The van der Waals surface area contributed by atoms with Crippen molar-refractivity contribution in [1.29, 1.82) is 0 Å². The van der Waals surface area contributed by atoms with Crippen LogP contribution in [-0.2, 0) is 14.8 Å². The predicted molar refractivity (Wildman–Crippen MR) is 122 cm³/mol. The molecule has 2 N–H and O–H groups in total. The van der Waals surface area contributed by atoms with Crippen LogP contribution in [0.4, 0.5) is 0 Å². The number of hydrogen-bond donors (Lipinski definition) is 1. The maximum atomic E-state index is 13.3. The molecule has 1 aliphatic carbocycles. The third kappa shape index (κ3) is 3.73. The number of pyridine rings is 1. The van der Waals surface area contributed by atoms with Gasteiger partial charge in [0.05, 0.1) is 18.6 Å². The molecule has 8 nitrogen and oxygen atoms in total. The van der Waals surface area contributed by atoms with E-state index in [4.69, 9.17) is 30.6 Å². The maximum Gasteiger partial charge on any atom is 0.259 e. The Kier molecular flexibility index (Phi) is 5.09. The first-order valence-electron chi connectivity index (χ1n) is 10.5. The van der Waals surface area contributed by atoms with E-state index in [0.29, 0.717) is 41.1 Å². The van der Waals surface area contributed by atoms with Crippen molar-refractivity contribution in [1.82, 2.24) is 4.98 Å². The minimum absolute atomic E-state index is 0.0236. The first-order chi connectivity index (χ1) is 15.5. The summed E-state index contributed by atoms with van der Waals surface area (Å²) in [5.41, 5.74) is 2.52. The van der Waals surface area contributed by atoms with Crippen LogP contribution in [0.2, 0.25) is 5.15 Å². The number of halogens is 1. The fourth-order valence-electron chi connectivity index (χ4n) is 4.57. The summed E-state index contributed by atoms with van der Waals surface area (Å²) in [5, 5.41) is 5.28. The van der Waals surface area contributed by atoms with Crippen LogP contribution < -0.4 is 15.3 Å². The molecule has 2 aromatic heterocycles. The predicted octanol–water partition coefficient (Wildman–Crippen LogP) is 3.75. The van der Waals surface area contributed by atoms with Gasteiger partial charge in [-0.15, -0.1) is 0 Å². The topological polar surface area (TPSA) is 122 Å². The Morgan fingerprint density at radius 1 is 1.27 bits per heavy atom. The zero-order valence-electron chi connectivity index (χ0n) is 18.3. The largest absolute Gasteiger partial charge is 0.483 e. The number of primary sulfonamides is 1. The second kappa shape index (κ2) is 7.53. The van der Waals surface area contributed by atoms with Crippen molar-refractivity contribution in [2.24, 2.45) is 10.6 Å². The number of rotatable bonds is 5. The average Bonchev–Trinajstić information content (AvgIpc) is 3.47. The molecule has 0 amide bonds.